The highest BCUT2D eigenvalue weighted by atomic mass is 16.7. The highest BCUT2D eigenvalue weighted by molar-refractivity contribution is 5.60. The molecule has 1 N–H and O–H groups in total. The molecule has 13 heavy (non-hydrogen) atoms. The van der Waals surface area contributed by atoms with Gasteiger partial charge in [0.2, 0.25) is 0 Å². The minimum Gasteiger partial charge on any atom is -0.434 e. The highest BCUT2D eigenvalue weighted by Gasteiger charge is 2.09. The molecule has 78 valence electrons. The summed E-state index contributed by atoms with van der Waals surface area (Å²) in [6.07, 6.45) is -0.735. The van der Waals surface area contributed by atoms with E-state index in [1.165, 1.54) is 0 Å². The van der Waals surface area contributed by atoms with Crippen LogP contribution in [0.4, 0.5) is 4.79 Å². The SMILES string of the molecule is CNCC(C)OC(=O)OCC(C)C. The summed E-state index contributed by atoms with van der Waals surface area (Å²) in [4.78, 5) is 11.0. The third kappa shape index (κ3) is 7.59. The Labute approximate surface area is 79.6 Å². The number of hydrogen-bond acceptors (Lipinski definition) is 4. The Morgan fingerprint density at radius 3 is 2.46 bits per heavy atom. The number of hydrogen-bond donors (Lipinski definition) is 1. The van der Waals surface area contributed by atoms with Crippen LogP contribution < -0.4 is 5.32 Å². The van der Waals surface area contributed by atoms with Crippen molar-refractivity contribution in [2.45, 2.75) is 26.9 Å². The molecule has 1 unspecified atom stereocenters. The van der Waals surface area contributed by atoms with E-state index in [9.17, 15) is 4.79 Å². The number of likely N-dealkylation sites (N-methyl/N-ethyl adjacent to an activating group) is 1. The smallest absolute Gasteiger partial charge is 0.434 e. The third-order valence-corrected chi connectivity index (χ3v) is 1.32. The third-order valence-electron chi connectivity index (χ3n) is 1.32. The van der Waals surface area contributed by atoms with Crippen LogP contribution in [-0.2, 0) is 9.47 Å². The Kier molecular flexibility index (Phi) is 6.32. The van der Waals surface area contributed by atoms with E-state index >= 15 is 0 Å². The summed E-state index contributed by atoms with van der Waals surface area (Å²) < 4.78 is 9.75. The van der Waals surface area contributed by atoms with Crippen molar-refractivity contribution in [3.05, 3.63) is 0 Å². The van der Waals surface area contributed by atoms with Gasteiger partial charge in [-0.2, -0.15) is 0 Å². The zero-order valence-corrected chi connectivity index (χ0v) is 8.79. The highest BCUT2D eigenvalue weighted by Crippen LogP contribution is 1.97. The van der Waals surface area contributed by atoms with Crippen LogP contribution in [0.3, 0.4) is 0 Å². The minimum absolute atomic E-state index is 0.148. The quantitative estimate of drug-likeness (QED) is 0.664. The number of ether oxygens (including phenoxy) is 2. The van der Waals surface area contributed by atoms with Crippen LogP contribution in [0.5, 0.6) is 0 Å². The Morgan fingerprint density at radius 2 is 2.00 bits per heavy atom. The molecule has 0 saturated heterocycles. The van der Waals surface area contributed by atoms with Gasteiger partial charge < -0.3 is 14.8 Å². The summed E-state index contributed by atoms with van der Waals surface area (Å²) in [6, 6.07) is 0. The van der Waals surface area contributed by atoms with Gasteiger partial charge in [-0.25, -0.2) is 4.79 Å². The van der Waals surface area contributed by atoms with E-state index in [0.717, 1.165) is 0 Å². The molecule has 0 radical (unpaired) electrons. The van der Waals surface area contributed by atoms with Gasteiger partial charge in [0.05, 0.1) is 6.61 Å². The fraction of sp³-hybridized carbons (Fsp3) is 0.889. The first-order valence-corrected chi connectivity index (χ1v) is 4.54. The summed E-state index contributed by atoms with van der Waals surface area (Å²) >= 11 is 0. The molecule has 0 aromatic rings. The topological polar surface area (TPSA) is 47.6 Å². The molecule has 4 nitrogen and oxygen atoms in total. The monoisotopic (exact) mass is 189 g/mol. The standard InChI is InChI=1S/C9H19NO3/c1-7(2)6-12-9(11)13-8(3)5-10-4/h7-8,10H,5-6H2,1-4H3. The molecule has 0 spiro atoms. The molecule has 4 heteroatoms. The number of rotatable bonds is 5. The van der Waals surface area contributed by atoms with E-state index in [2.05, 4.69) is 5.32 Å². The van der Waals surface area contributed by atoms with Crippen molar-refractivity contribution in [1.29, 1.82) is 0 Å². The molecular formula is C9H19NO3. The van der Waals surface area contributed by atoms with Crippen molar-refractivity contribution in [1.82, 2.24) is 5.32 Å². The van der Waals surface area contributed by atoms with Gasteiger partial charge in [0.15, 0.2) is 0 Å². The number of carbonyl (C=O) groups excluding carboxylic acids is 1. The first-order chi connectivity index (χ1) is 6.06. The molecule has 0 amide bonds. The van der Waals surface area contributed by atoms with Gasteiger partial charge in [0, 0.05) is 6.54 Å². The second-order valence-electron chi connectivity index (χ2n) is 3.44. The minimum atomic E-state index is -0.587. The molecule has 0 aromatic heterocycles. The van der Waals surface area contributed by atoms with E-state index in [1.54, 1.807) is 7.05 Å². The summed E-state index contributed by atoms with van der Waals surface area (Å²) in [5.41, 5.74) is 0. The van der Waals surface area contributed by atoms with Crippen molar-refractivity contribution < 1.29 is 14.3 Å². The van der Waals surface area contributed by atoms with E-state index in [-0.39, 0.29) is 6.10 Å². The molecule has 0 fully saturated rings. The zero-order chi connectivity index (χ0) is 10.3. The van der Waals surface area contributed by atoms with Gasteiger partial charge in [-0.15, -0.1) is 0 Å². The lowest BCUT2D eigenvalue weighted by Gasteiger charge is -2.13. The second kappa shape index (κ2) is 6.71. The lowest BCUT2D eigenvalue weighted by molar-refractivity contribution is 0.0238. The van der Waals surface area contributed by atoms with Crippen LogP contribution in [0.1, 0.15) is 20.8 Å². The Balaban J connectivity index is 3.50. The molecule has 0 aromatic carbocycles. The average molecular weight is 189 g/mol. The van der Waals surface area contributed by atoms with Gasteiger partial charge >= 0.3 is 6.16 Å². The van der Waals surface area contributed by atoms with Gasteiger partial charge in [-0.1, -0.05) is 13.8 Å². The maximum atomic E-state index is 11.0. The van der Waals surface area contributed by atoms with Crippen molar-refractivity contribution in [3.63, 3.8) is 0 Å². The molecular weight excluding hydrogens is 170 g/mol. The Hall–Kier alpha value is -0.770. The Bertz CT molecular complexity index is 148. The fourth-order valence-electron chi connectivity index (χ4n) is 0.762. The second-order valence-corrected chi connectivity index (χ2v) is 3.44. The normalized spacial score (nSPS) is 12.7. The lowest BCUT2D eigenvalue weighted by Crippen LogP contribution is -2.27. The Morgan fingerprint density at radius 1 is 1.38 bits per heavy atom. The van der Waals surface area contributed by atoms with Crippen molar-refractivity contribution >= 4 is 6.16 Å². The summed E-state index contributed by atoms with van der Waals surface area (Å²) in [6.45, 7) is 6.81. The largest absolute Gasteiger partial charge is 0.508 e. The first-order valence-electron chi connectivity index (χ1n) is 4.54. The molecule has 0 saturated carbocycles. The predicted octanol–water partition coefficient (Wildman–Crippen LogP) is 1.40. The summed E-state index contributed by atoms with van der Waals surface area (Å²) in [7, 11) is 1.80. The van der Waals surface area contributed by atoms with Gasteiger partial charge in [0.25, 0.3) is 0 Å². The van der Waals surface area contributed by atoms with Crippen LogP contribution in [0.2, 0.25) is 0 Å². The molecule has 0 aliphatic carbocycles. The summed E-state index contributed by atoms with van der Waals surface area (Å²) in [5, 5.41) is 2.90. The molecule has 1 atom stereocenters. The van der Waals surface area contributed by atoms with E-state index in [0.29, 0.717) is 19.1 Å². The summed E-state index contributed by atoms with van der Waals surface area (Å²) in [5.74, 6) is 0.340. The predicted molar refractivity (Wildman–Crippen MR) is 50.7 cm³/mol. The van der Waals surface area contributed by atoms with Crippen LogP contribution in [0, 0.1) is 5.92 Å². The zero-order valence-electron chi connectivity index (χ0n) is 8.79. The van der Waals surface area contributed by atoms with Crippen LogP contribution >= 0.6 is 0 Å². The van der Waals surface area contributed by atoms with Gasteiger partial charge in [-0.3, -0.25) is 0 Å². The van der Waals surface area contributed by atoms with Gasteiger partial charge in [-0.05, 0) is 19.9 Å². The molecule has 0 bridgehead atoms. The van der Waals surface area contributed by atoms with Crippen LogP contribution in [0.15, 0.2) is 0 Å². The molecule has 0 aliphatic rings. The van der Waals surface area contributed by atoms with E-state index in [1.807, 2.05) is 20.8 Å². The van der Waals surface area contributed by atoms with Crippen molar-refractivity contribution in [2.24, 2.45) is 5.92 Å². The maximum absolute atomic E-state index is 11.0. The first kappa shape index (κ1) is 12.2. The molecule has 0 heterocycles. The number of carbonyl (C=O) groups is 1. The lowest BCUT2D eigenvalue weighted by atomic mass is 10.2. The molecule has 0 aliphatic heterocycles. The fourth-order valence-corrected chi connectivity index (χ4v) is 0.762. The van der Waals surface area contributed by atoms with E-state index in [4.69, 9.17) is 9.47 Å². The van der Waals surface area contributed by atoms with Crippen molar-refractivity contribution in [3.8, 4) is 0 Å². The van der Waals surface area contributed by atoms with E-state index < -0.39 is 6.16 Å². The average Bonchev–Trinajstić information content (AvgIpc) is 2.01. The maximum Gasteiger partial charge on any atom is 0.508 e. The van der Waals surface area contributed by atoms with Crippen molar-refractivity contribution in [2.75, 3.05) is 20.2 Å². The van der Waals surface area contributed by atoms with Crippen LogP contribution in [-0.4, -0.2) is 32.5 Å². The number of nitrogens with one attached hydrogen (secondary N) is 1. The van der Waals surface area contributed by atoms with Gasteiger partial charge in [0.1, 0.15) is 6.10 Å². The molecule has 0 rings (SSSR count). The van der Waals surface area contributed by atoms with Crippen LogP contribution in [0.25, 0.3) is 0 Å².